The first kappa shape index (κ1) is 31.3. The van der Waals surface area contributed by atoms with E-state index in [0.29, 0.717) is 0 Å². The van der Waals surface area contributed by atoms with Gasteiger partial charge in [0, 0.05) is 0 Å². The van der Waals surface area contributed by atoms with Crippen molar-refractivity contribution in [2.45, 2.75) is 48.8 Å². The molecule has 14 nitrogen and oxygen atoms in total. The molecule has 0 bridgehead atoms. The van der Waals surface area contributed by atoms with Gasteiger partial charge < -0.3 is 72.1 Å². The van der Waals surface area contributed by atoms with Crippen LogP contribution >= 0.6 is 12.2 Å². The molecule has 0 saturated heterocycles. The Bertz CT molecular complexity index is 396. The minimum atomic E-state index is -1.79. The maximum absolute atomic E-state index is 9.90. The van der Waals surface area contributed by atoms with Crippen LogP contribution in [0.3, 0.4) is 0 Å². The van der Waals surface area contributed by atoms with Crippen molar-refractivity contribution >= 4 is 29.9 Å². The van der Waals surface area contributed by atoms with Crippen molar-refractivity contribution in [3.8, 4) is 0 Å². The molecule has 0 fully saturated rings. The zero-order chi connectivity index (χ0) is 23.0. The second kappa shape index (κ2) is 17.7. The van der Waals surface area contributed by atoms with Gasteiger partial charge in [-0.1, -0.05) is 0 Å². The number of thiocarbonyl (C=S) groups is 1. The van der Waals surface area contributed by atoms with Crippen molar-refractivity contribution in [1.82, 2.24) is 0 Å². The lowest BCUT2D eigenvalue weighted by Gasteiger charge is -2.22. The second-order valence-electron chi connectivity index (χ2n) is 5.12. The van der Waals surface area contributed by atoms with E-state index in [9.17, 15) is 9.59 Å². The SMILES string of the molecule is NC(N)=S.O=CC(O)C(O)C(O)C(O)CO.O=CC(O)C(O)C(O)C(O)CO. The average Bonchev–Trinajstić information content (AvgIpc) is 2.68. The molecule has 0 rings (SSSR count). The second-order valence-corrected chi connectivity index (χ2v) is 5.59. The smallest absolute Gasteiger partial charge is 0.160 e. The molecule has 0 heterocycles. The van der Waals surface area contributed by atoms with Crippen LogP contribution in [0.4, 0.5) is 0 Å². The van der Waals surface area contributed by atoms with Crippen molar-refractivity contribution in [3.05, 3.63) is 0 Å². The summed E-state index contributed by atoms with van der Waals surface area (Å²) in [6.45, 7) is -1.52. The van der Waals surface area contributed by atoms with Crippen LogP contribution in [0.15, 0.2) is 0 Å². The number of hydrogen-bond donors (Lipinski definition) is 12. The monoisotopic (exact) mass is 436 g/mol. The van der Waals surface area contributed by atoms with Gasteiger partial charge in [0.05, 0.1) is 13.2 Å². The van der Waals surface area contributed by atoms with Crippen LogP contribution in [0.25, 0.3) is 0 Å². The lowest BCUT2D eigenvalue weighted by molar-refractivity contribution is -0.136. The van der Waals surface area contributed by atoms with Crippen LogP contribution in [0.1, 0.15) is 0 Å². The molecule has 0 spiro atoms. The standard InChI is InChI=1S/2C6H12O6.CH4N2S/c2*7-1-3(9)5(11)6(12)4(10)2-8;2-1(3)4/h2*1,3-6,8-12H,2H2;(H4,2,3,4). The van der Waals surface area contributed by atoms with Gasteiger partial charge in [0.25, 0.3) is 0 Å². The third kappa shape index (κ3) is 14.7. The Morgan fingerprint density at radius 1 is 0.679 bits per heavy atom. The molecule has 0 aromatic rings. The third-order valence-corrected chi connectivity index (χ3v) is 2.84. The fourth-order valence-electron chi connectivity index (χ4n) is 1.24. The van der Waals surface area contributed by atoms with Gasteiger partial charge in [0.1, 0.15) is 48.8 Å². The fourth-order valence-corrected chi connectivity index (χ4v) is 1.24. The molecule has 0 aliphatic rings. The third-order valence-electron chi connectivity index (χ3n) is 2.84. The summed E-state index contributed by atoms with van der Waals surface area (Å²) >= 11 is 4.09. The maximum Gasteiger partial charge on any atom is 0.160 e. The van der Waals surface area contributed by atoms with Gasteiger partial charge in [0.2, 0.25) is 0 Å². The summed E-state index contributed by atoms with van der Waals surface area (Å²) in [5, 5.41) is 87.1. The number of carbonyl (C=O) groups is 2. The van der Waals surface area contributed by atoms with E-state index in [1.807, 2.05) is 0 Å². The zero-order valence-electron chi connectivity index (χ0n) is 14.5. The van der Waals surface area contributed by atoms with E-state index in [4.69, 9.17) is 51.1 Å². The quantitative estimate of drug-likeness (QED) is 0.112. The van der Waals surface area contributed by atoms with Gasteiger partial charge in [-0.15, -0.1) is 0 Å². The van der Waals surface area contributed by atoms with Crippen LogP contribution in [0.2, 0.25) is 0 Å². The van der Waals surface area contributed by atoms with Crippen molar-refractivity contribution in [2.24, 2.45) is 11.5 Å². The Labute approximate surface area is 164 Å². The molecule has 8 unspecified atom stereocenters. The summed E-state index contributed by atoms with van der Waals surface area (Å²) < 4.78 is 0. The first-order chi connectivity index (χ1) is 12.8. The molecule has 0 aromatic carbocycles. The first-order valence-corrected chi connectivity index (χ1v) is 7.84. The summed E-state index contributed by atoms with van der Waals surface area (Å²) in [6.07, 6.45) is -13.7. The molecular formula is C13H28N2O12S. The Morgan fingerprint density at radius 3 is 1.04 bits per heavy atom. The summed E-state index contributed by atoms with van der Waals surface area (Å²) in [4.78, 5) is 19.8. The zero-order valence-corrected chi connectivity index (χ0v) is 15.4. The normalized spacial score (nSPS) is 18.9. The van der Waals surface area contributed by atoms with Crippen LogP contribution in [0, 0.1) is 0 Å². The molecule has 8 atom stereocenters. The number of hydrogen-bond acceptors (Lipinski definition) is 13. The molecule has 28 heavy (non-hydrogen) atoms. The van der Waals surface area contributed by atoms with Crippen LogP contribution in [-0.4, -0.2) is 131 Å². The van der Waals surface area contributed by atoms with Gasteiger partial charge in [0.15, 0.2) is 17.7 Å². The highest BCUT2D eigenvalue weighted by Gasteiger charge is 2.30. The van der Waals surface area contributed by atoms with Gasteiger partial charge in [-0.3, -0.25) is 0 Å². The van der Waals surface area contributed by atoms with Gasteiger partial charge >= 0.3 is 0 Å². The average molecular weight is 436 g/mol. The Morgan fingerprint density at radius 2 is 0.893 bits per heavy atom. The summed E-state index contributed by atoms with van der Waals surface area (Å²) in [6, 6.07) is 0. The highest BCUT2D eigenvalue weighted by atomic mass is 32.1. The van der Waals surface area contributed by atoms with Crippen molar-refractivity contribution in [2.75, 3.05) is 13.2 Å². The molecule has 0 radical (unpaired) electrons. The van der Waals surface area contributed by atoms with Crippen molar-refractivity contribution < 1.29 is 60.7 Å². The Hall–Kier alpha value is -1.37. The number of aliphatic hydroxyl groups excluding tert-OH is 10. The Kier molecular flexibility index (Phi) is 19.8. The number of aliphatic hydroxyl groups is 10. The number of carbonyl (C=O) groups excluding carboxylic acids is 2. The number of nitrogens with two attached hydrogens (primary N) is 2. The van der Waals surface area contributed by atoms with Crippen molar-refractivity contribution in [1.29, 1.82) is 0 Å². The summed E-state index contributed by atoms with van der Waals surface area (Å²) in [7, 11) is 0. The topological polar surface area (TPSA) is 288 Å². The molecule has 0 aliphatic carbocycles. The fraction of sp³-hybridized carbons (Fsp3) is 0.769. The number of rotatable bonds is 10. The lowest BCUT2D eigenvalue weighted by Crippen LogP contribution is -2.46. The minimum absolute atomic E-state index is 0.000000000000000222. The van der Waals surface area contributed by atoms with E-state index in [1.165, 1.54) is 0 Å². The van der Waals surface area contributed by atoms with Crippen LogP contribution < -0.4 is 11.5 Å². The van der Waals surface area contributed by atoms with Gasteiger partial charge in [-0.25, -0.2) is 0 Å². The van der Waals surface area contributed by atoms with Gasteiger partial charge in [-0.2, -0.15) is 0 Å². The minimum Gasteiger partial charge on any atom is -0.394 e. The lowest BCUT2D eigenvalue weighted by atomic mass is 10.0. The maximum atomic E-state index is 9.90. The van der Waals surface area contributed by atoms with Crippen LogP contribution in [0.5, 0.6) is 0 Å². The van der Waals surface area contributed by atoms with E-state index >= 15 is 0 Å². The molecule has 14 N–H and O–H groups in total. The molecule has 15 heteroatoms. The largest absolute Gasteiger partial charge is 0.394 e. The predicted octanol–water partition coefficient (Wildman–Crippen LogP) is -7.57. The molecule has 0 aromatic heterocycles. The molecule has 0 amide bonds. The van der Waals surface area contributed by atoms with E-state index in [-0.39, 0.29) is 17.7 Å². The van der Waals surface area contributed by atoms with Gasteiger partial charge in [-0.05, 0) is 12.2 Å². The molecule has 0 aliphatic heterocycles. The molecule has 168 valence electrons. The van der Waals surface area contributed by atoms with Crippen LogP contribution in [-0.2, 0) is 9.59 Å². The molecular weight excluding hydrogens is 408 g/mol. The van der Waals surface area contributed by atoms with E-state index in [2.05, 4.69) is 23.7 Å². The summed E-state index contributed by atoms with van der Waals surface area (Å²) in [5.74, 6) is 0. The highest BCUT2D eigenvalue weighted by Crippen LogP contribution is 2.03. The van der Waals surface area contributed by atoms with E-state index in [1.54, 1.807) is 0 Å². The molecule has 0 saturated carbocycles. The van der Waals surface area contributed by atoms with E-state index < -0.39 is 62.0 Å². The highest BCUT2D eigenvalue weighted by molar-refractivity contribution is 7.80. The summed E-state index contributed by atoms with van der Waals surface area (Å²) in [5.41, 5.74) is 9.24. The number of aldehydes is 2. The Balaban J connectivity index is -0.000000375. The first-order valence-electron chi connectivity index (χ1n) is 7.43. The van der Waals surface area contributed by atoms with E-state index in [0.717, 1.165) is 0 Å². The predicted molar refractivity (Wildman–Crippen MR) is 95.3 cm³/mol. The van der Waals surface area contributed by atoms with Crippen molar-refractivity contribution in [3.63, 3.8) is 0 Å².